The number of anilines is 1. The zero-order valence-corrected chi connectivity index (χ0v) is 20.0. The molecule has 0 radical (unpaired) electrons. The molecule has 4 heterocycles. The van der Waals surface area contributed by atoms with Gasteiger partial charge in [-0.2, -0.15) is 5.26 Å². The fourth-order valence-electron chi connectivity index (χ4n) is 4.30. The van der Waals surface area contributed by atoms with Crippen molar-refractivity contribution in [2.45, 2.75) is 52.3 Å². The van der Waals surface area contributed by atoms with Crippen molar-refractivity contribution < 1.29 is 14.3 Å². The molecule has 0 saturated carbocycles. The summed E-state index contributed by atoms with van der Waals surface area (Å²) in [6, 6.07) is 7.10. The van der Waals surface area contributed by atoms with Gasteiger partial charge >= 0.3 is 6.09 Å². The summed E-state index contributed by atoms with van der Waals surface area (Å²) in [5.41, 5.74) is 1.17. The first-order valence-corrected chi connectivity index (χ1v) is 11.2. The molecule has 176 valence electrons. The van der Waals surface area contributed by atoms with Crippen molar-refractivity contribution in [2.24, 2.45) is 0 Å². The first kappa shape index (κ1) is 23.2. The molecule has 2 atom stereocenters. The number of hydrogen-bond acceptors (Lipinski definition) is 7. The first-order valence-electron chi connectivity index (χ1n) is 11.2. The van der Waals surface area contributed by atoms with E-state index in [4.69, 9.17) is 4.74 Å². The van der Waals surface area contributed by atoms with Crippen molar-refractivity contribution >= 4 is 29.1 Å². The van der Waals surface area contributed by atoms with Gasteiger partial charge in [-0.3, -0.25) is 4.79 Å². The Morgan fingerprint density at radius 1 is 1.18 bits per heavy atom. The number of pyridine rings is 2. The average molecular weight is 461 g/mol. The number of carbonyl (C=O) groups is 2. The van der Waals surface area contributed by atoms with Gasteiger partial charge in [0.2, 0.25) is 0 Å². The van der Waals surface area contributed by atoms with Crippen LogP contribution in [-0.2, 0) is 4.74 Å². The molecule has 1 saturated heterocycles. The predicted molar refractivity (Wildman–Crippen MR) is 128 cm³/mol. The summed E-state index contributed by atoms with van der Waals surface area (Å²) in [4.78, 5) is 37.7. The molecule has 1 aliphatic heterocycles. The minimum atomic E-state index is -0.566. The molecule has 4 rings (SSSR count). The molecule has 0 N–H and O–H groups in total. The number of amides is 1. The minimum absolute atomic E-state index is 0.0512. The fraction of sp³-hybridized carbons (Fsp3) is 0.400. The lowest BCUT2D eigenvalue weighted by Crippen LogP contribution is -2.59. The highest BCUT2D eigenvalue weighted by molar-refractivity contribution is 6.04. The topological polar surface area (TPSA) is 104 Å². The number of fused-ring (bicyclic) bond motifs is 1. The summed E-state index contributed by atoms with van der Waals surface area (Å²) in [5.74, 6) is 1.23. The number of rotatable bonds is 3. The van der Waals surface area contributed by atoms with Crippen LogP contribution in [0.4, 0.5) is 10.6 Å². The summed E-state index contributed by atoms with van der Waals surface area (Å²) in [7, 11) is 0. The minimum Gasteiger partial charge on any atom is -0.444 e. The Balaban J connectivity index is 1.73. The second-order valence-corrected chi connectivity index (χ2v) is 9.60. The van der Waals surface area contributed by atoms with Crippen LogP contribution in [0, 0.1) is 11.3 Å². The van der Waals surface area contributed by atoms with Crippen LogP contribution >= 0.6 is 0 Å². The number of hydrogen-bond donors (Lipinski definition) is 0. The molecule has 0 bridgehead atoms. The largest absolute Gasteiger partial charge is 0.444 e. The van der Waals surface area contributed by atoms with Gasteiger partial charge in [-0.05, 0) is 52.8 Å². The number of nitriles is 1. The molecule has 1 amide bonds. The molecule has 9 heteroatoms. The summed E-state index contributed by atoms with van der Waals surface area (Å²) in [6.45, 7) is 10.6. The number of ether oxygens (including phenoxy) is 1. The van der Waals surface area contributed by atoms with Gasteiger partial charge in [0.25, 0.3) is 0 Å². The number of nitrogens with zero attached hydrogens (tertiary/aromatic N) is 6. The van der Waals surface area contributed by atoms with E-state index in [1.165, 1.54) is 0 Å². The molecule has 3 aromatic heterocycles. The van der Waals surface area contributed by atoms with Crippen LogP contribution in [0.5, 0.6) is 0 Å². The van der Waals surface area contributed by atoms with E-state index in [0.717, 1.165) is 11.8 Å². The summed E-state index contributed by atoms with van der Waals surface area (Å²) < 4.78 is 7.39. The summed E-state index contributed by atoms with van der Waals surface area (Å²) >= 11 is 0. The van der Waals surface area contributed by atoms with Gasteiger partial charge < -0.3 is 19.1 Å². The van der Waals surface area contributed by atoms with E-state index in [-0.39, 0.29) is 18.2 Å². The quantitative estimate of drug-likeness (QED) is 0.545. The van der Waals surface area contributed by atoms with Crippen molar-refractivity contribution in [3.05, 3.63) is 47.9 Å². The molecule has 3 aromatic rings. The predicted octanol–water partition coefficient (Wildman–Crippen LogP) is 3.94. The van der Waals surface area contributed by atoms with Gasteiger partial charge in [-0.1, -0.05) is 0 Å². The lowest BCUT2D eigenvalue weighted by molar-refractivity contribution is 0.0130. The van der Waals surface area contributed by atoms with Gasteiger partial charge in [0.05, 0.1) is 22.5 Å². The van der Waals surface area contributed by atoms with Crippen LogP contribution in [-0.4, -0.2) is 62.6 Å². The normalized spacial score (nSPS) is 18.6. The number of aromatic nitrogens is 3. The molecular formula is C25H28N6O3. The molecule has 2 unspecified atom stereocenters. The van der Waals surface area contributed by atoms with Crippen LogP contribution in [0.25, 0.3) is 16.7 Å². The second-order valence-electron chi connectivity index (χ2n) is 9.60. The Morgan fingerprint density at radius 3 is 2.59 bits per heavy atom. The van der Waals surface area contributed by atoms with E-state index in [1.54, 1.807) is 40.2 Å². The number of carbonyl (C=O) groups excluding carboxylic acids is 2. The van der Waals surface area contributed by atoms with Gasteiger partial charge in [-0.25, -0.2) is 14.8 Å². The van der Waals surface area contributed by atoms with Crippen LogP contribution in [0.15, 0.2) is 36.8 Å². The maximum atomic E-state index is 12.7. The average Bonchev–Trinajstić information content (AvgIpc) is 3.18. The van der Waals surface area contributed by atoms with Crippen molar-refractivity contribution in [2.75, 3.05) is 18.0 Å². The van der Waals surface area contributed by atoms with Gasteiger partial charge in [0.1, 0.15) is 17.2 Å². The monoisotopic (exact) mass is 460 g/mol. The number of piperazine rings is 1. The SMILES string of the molecule is CC1CN(c2nccc3c2c(C=O)cn3-c2cc(C#N)ccn2)C(C)CN1C(=O)OC(C)(C)C. The fourth-order valence-corrected chi connectivity index (χ4v) is 4.30. The highest BCUT2D eigenvalue weighted by Gasteiger charge is 2.36. The Kier molecular flexibility index (Phi) is 6.00. The lowest BCUT2D eigenvalue weighted by Gasteiger charge is -2.44. The number of aldehydes is 1. The van der Waals surface area contributed by atoms with Gasteiger partial charge in [0.15, 0.2) is 6.29 Å². The highest BCUT2D eigenvalue weighted by Crippen LogP contribution is 2.33. The molecule has 34 heavy (non-hydrogen) atoms. The Morgan fingerprint density at radius 2 is 1.91 bits per heavy atom. The third-order valence-corrected chi connectivity index (χ3v) is 5.86. The molecule has 0 aromatic carbocycles. The maximum Gasteiger partial charge on any atom is 0.410 e. The zero-order valence-electron chi connectivity index (χ0n) is 20.0. The summed E-state index contributed by atoms with van der Waals surface area (Å²) in [6.07, 6.45) is 5.47. The van der Waals surface area contributed by atoms with Gasteiger partial charge in [-0.15, -0.1) is 0 Å². The Bertz CT molecular complexity index is 1290. The maximum absolute atomic E-state index is 12.7. The molecule has 1 aliphatic rings. The molecule has 0 spiro atoms. The zero-order chi connectivity index (χ0) is 24.6. The molecular weight excluding hydrogens is 432 g/mol. The van der Waals surface area contributed by atoms with Crippen LogP contribution in [0.1, 0.15) is 50.5 Å². The van der Waals surface area contributed by atoms with Gasteiger partial charge in [0, 0.05) is 49.3 Å². The molecule has 1 fully saturated rings. The lowest BCUT2D eigenvalue weighted by atomic mass is 10.1. The van der Waals surface area contributed by atoms with Crippen molar-refractivity contribution in [1.29, 1.82) is 5.26 Å². The molecule has 0 aliphatic carbocycles. The standard InChI is InChI=1S/C25H28N6O3/c1-16-13-30(24(33)34-25(3,4)5)17(2)12-29(16)23-22-19(15-32)14-31(20(22)7-9-28-23)21-10-18(11-26)6-8-27-21/h6-10,14-17H,12-13H2,1-5H3. The van der Waals surface area contributed by atoms with E-state index in [1.807, 2.05) is 40.7 Å². The van der Waals surface area contributed by atoms with Crippen molar-refractivity contribution in [1.82, 2.24) is 19.4 Å². The second kappa shape index (κ2) is 8.78. The van der Waals surface area contributed by atoms with E-state index >= 15 is 0 Å². The van der Waals surface area contributed by atoms with Crippen molar-refractivity contribution in [3.63, 3.8) is 0 Å². The third-order valence-electron chi connectivity index (χ3n) is 5.86. The third kappa shape index (κ3) is 4.31. The van der Waals surface area contributed by atoms with Crippen LogP contribution in [0.2, 0.25) is 0 Å². The Hall–Kier alpha value is -3.93. The van der Waals surface area contributed by atoms with Crippen molar-refractivity contribution in [3.8, 4) is 11.9 Å². The molecule has 9 nitrogen and oxygen atoms in total. The van der Waals surface area contributed by atoms with E-state index in [0.29, 0.717) is 41.2 Å². The first-order chi connectivity index (χ1) is 16.1. The van der Waals surface area contributed by atoms with E-state index in [9.17, 15) is 14.9 Å². The Labute approximate surface area is 198 Å². The van der Waals surface area contributed by atoms with E-state index < -0.39 is 5.60 Å². The highest BCUT2D eigenvalue weighted by atomic mass is 16.6. The van der Waals surface area contributed by atoms with E-state index in [2.05, 4.69) is 20.9 Å². The smallest absolute Gasteiger partial charge is 0.410 e. The van der Waals surface area contributed by atoms with Crippen LogP contribution in [0.3, 0.4) is 0 Å². The van der Waals surface area contributed by atoms with Crippen LogP contribution < -0.4 is 4.90 Å². The summed E-state index contributed by atoms with van der Waals surface area (Å²) in [5, 5.41) is 9.98.